The van der Waals surface area contributed by atoms with Crippen molar-refractivity contribution in [1.29, 1.82) is 0 Å². The van der Waals surface area contributed by atoms with E-state index >= 15 is 0 Å². The van der Waals surface area contributed by atoms with Crippen LogP contribution in [-0.2, 0) is 9.47 Å². The molecule has 2 nitrogen and oxygen atoms in total. The lowest BCUT2D eigenvalue weighted by Crippen LogP contribution is -2.33. The molecule has 0 aromatic heterocycles. The molecule has 0 unspecified atom stereocenters. The zero-order valence-corrected chi connectivity index (χ0v) is 8.44. The zero-order chi connectivity index (χ0) is 8.54. The minimum atomic E-state index is -0.272. The summed E-state index contributed by atoms with van der Waals surface area (Å²) in [6.45, 7) is 6.67. The molecule has 0 atom stereocenters. The molecule has 0 N–H and O–H groups in total. The van der Waals surface area contributed by atoms with Gasteiger partial charge >= 0.3 is 0 Å². The van der Waals surface area contributed by atoms with Crippen LogP contribution in [0.4, 0.5) is 0 Å². The molecule has 3 radical (unpaired) electrons. The van der Waals surface area contributed by atoms with E-state index in [4.69, 9.17) is 9.47 Å². The number of rotatable bonds is 4. The lowest BCUT2D eigenvalue weighted by atomic mass is 10.4. The van der Waals surface area contributed by atoms with Crippen molar-refractivity contribution in [2.24, 2.45) is 0 Å². The monoisotopic (exact) mass is 171 g/mol. The zero-order valence-electron chi connectivity index (χ0n) is 7.44. The molecule has 0 aromatic rings. The maximum absolute atomic E-state index is 5.67. The Morgan fingerprint density at radius 3 is 2.27 bits per heavy atom. The lowest BCUT2D eigenvalue weighted by Gasteiger charge is -2.27. The van der Waals surface area contributed by atoms with Gasteiger partial charge in [0.1, 0.15) is 0 Å². The molecule has 11 heavy (non-hydrogen) atoms. The van der Waals surface area contributed by atoms with Gasteiger partial charge in [-0.2, -0.15) is 0 Å². The number of hydrogen-bond donors (Lipinski definition) is 0. The van der Waals surface area contributed by atoms with Crippen molar-refractivity contribution in [3.05, 3.63) is 0 Å². The molecule has 3 heteroatoms. The van der Waals surface area contributed by atoms with Gasteiger partial charge < -0.3 is 9.47 Å². The Morgan fingerprint density at radius 1 is 1.45 bits per heavy atom. The molecule has 0 saturated heterocycles. The molecular weight excluding hydrogens is 156 g/mol. The predicted molar refractivity (Wildman–Crippen MR) is 44.5 cm³/mol. The quantitative estimate of drug-likeness (QED) is 0.470. The molecule has 1 aliphatic carbocycles. The SMILES string of the molecule is CCOC1(OC(C)(C)[Si])CC1. The van der Waals surface area contributed by atoms with Gasteiger partial charge in [0.25, 0.3) is 0 Å². The van der Waals surface area contributed by atoms with Crippen molar-refractivity contribution in [2.45, 2.75) is 44.6 Å². The fourth-order valence-electron chi connectivity index (χ4n) is 1.11. The second kappa shape index (κ2) is 2.88. The highest BCUT2D eigenvalue weighted by Gasteiger charge is 2.47. The fourth-order valence-corrected chi connectivity index (χ4v) is 1.29. The van der Waals surface area contributed by atoms with E-state index in [-0.39, 0.29) is 11.0 Å². The van der Waals surface area contributed by atoms with Crippen molar-refractivity contribution in [3.8, 4) is 0 Å². The summed E-state index contributed by atoms with van der Waals surface area (Å²) < 4.78 is 11.1. The van der Waals surface area contributed by atoms with Gasteiger partial charge in [0.2, 0.25) is 0 Å². The molecular formula is C8H15O2Si. The summed E-state index contributed by atoms with van der Waals surface area (Å²) in [6.07, 6.45) is 2.05. The van der Waals surface area contributed by atoms with E-state index in [1.54, 1.807) is 0 Å². The van der Waals surface area contributed by atoms with E-state index in [0.717, 1.165) is 19.4 Å². The Kier molecular flexibility index (Phi) is 2.42. The first-order valence-corrected chi connectivity index (χ1v) is 4.57. The van der Waals surface area contributed by atoms with Crippen molar-refractivity contribution < 1.29 is 9.47 Å². The maximum Gasteiger partial charge on any atom is 0.168 e. The van der Waals surface area contributed by atoms with Crippen LogP contribution >= 0.6 is 0 Å². The normalized spacial score (nSPS) is 21.8. The first-order valence-electron chi connectivity index (χ1n) is 4.07. The van der Waals surface area contributed by atoms with Crippen LogP contribution in [0.2, 0.25) is 0 Å². The molecule has 63 valence electrons. The highest BCUT2D eigenvalue weighted by atomic mass is 28.1. The van der Waals surface area contributed by atoms with Crippen LogP contribution in [0, 0.1) is 0 Å². The third-order valence-corrected chi connectivity index (χ3v) is 1.61. The summed E-state index contributed by atoms with van der Waals surface area (Å²) in [5.41, 5.74) is 0. The fraction of sp³-hybridized carbons (Fsp3) is 1.00. The van der Waals surface area contributed by atoms with Gasteiger partial charge in [-0.1, -0.05) is 0 Å². The minimum Gasteiger partial charge on any atom is -0.350 e. The summed E-state index contributed by atoms with van der Waals surface area (Å²) in [6, 6.07) is 0. The molecule has 0 amide bonds. The second-order valence-corrected chi connectivity index (χ2v) is 4.66. The average Bonchev–Trinajstić information content (AvgIpc) is 2.44. The minimum absolute atomic E-state index is 0.264. The Balaban J connectivity index is 2.35. The highest BCUT2D eigenvalue weighted by molar-refractivity contribution is 6.13. The van der Waals surface area contributed by atoms with Crippen LogP contribution in [-0.4, -0.2) is 27.9 Å². The third kappa shape index (κ3) is 2.93. The van der Waals surface area contributed by atoms with E-state index < -0.39 is 0 Å². The van der Waals surface area contributed by atoms with E-state index in [2.05, 4.69) is 10.2 Å². The van der Waals surface area contributed by atoms with E-state index in [9.17, 15) is 0 Å². The molecule has 1 saturated carbocycles. The number of hydrogen-bond acceptors (Lipinski definition) is 2. The molecule has 0 aromatic carbocycles. The van der Waals surface area contributed by atoms with Crippen molar-refractivity contribution >= 4 is 10.2 Å². The summed E-state index contributed by atoms with van der Waals surface area (Å²) >= 11 is 0. The molecule has 0 heterocycles. The van der Waals surface area contributed by atoms with Crippen LogP contribution < -0.4 is 0 Å². The average molecular weight is 171 g/mol. The van der Waals surface area contributed by atoms with Gasteiger partial charge in [0.05, 0.1) is 10.2 Å². The topological polar surface area (TPSA) is 18.5 Å². The molecule has 1 aliphatic rings. The first-order chi connectivity index (χ1) is 4.97. The third-order valence-electron chi connectivity index (χ3n) is 1.51. The second-order valence-electron chi connectivity index (χ2n) is 3.46. The standard InChI is InChI=1S/C8H15O2Si/c1-4-9-8(5-6-8)10-7(2,3)11/h4-6H2,1-3H3. The van der Waals surface area contributed by atoms with Gasteiger partial charge in [-0.15, -0.1) is 0 Å². The van der Waals surface area contributed by atoms with Crippen LogP contribution in [0.15, 0.2) is 0 Å². The first kappa shape index (κ1) is 9.23. The van der Waals surface area contributed by atoms with Gasteiger partial charge in [-0.25, -0.2) is 0 Å². The Hall–Kier alpha value is 0.137. The molecule has 1 fully saturated rings. The summed E-state index contributed by atoms with van der Waals surface area (Å²) in [4.78, 5) is 0. The van der Waals surface area contributed by atoms with E-state index in [0.29, 0.717) is 0 Å². The van der Waals surface area contributed by atoms with Gasteiger partial charge in [-0.05, 0) is 20.8 Å². The largest absolute Gasteiger partial charge is 0.350 e. The van der Waals surface area contributed by atoms with E-state index in [1.807, 2.05) is 20.8 Å². The number of ether oxygens (including phenoxy) is 2. The van der Waals surface area contributed by atoms with Gasteiger partial charge in [-0.3, -0.25) is 0 Å². The molecule has 1 rings (SSSR count). The van der Waals surface area contributed by atoms with Gasteiger partial charge in [0.15, 0.2) is 5.79 Å². The Bertz CT molecular complexity index is 136. The van der Waals surface area contributed by atoms with Gasteiger partial charge in [0, 0.05) is 24.7 Å². The highest BCUT2D eigenvalue weighted by Crippen LogP contribution is 2.42. The lowest BCUT2D eigenvalue weighted by molar-refractivity contribution is -0.196. The molecule has 0 bridgehead atoms. The molecule has 0 aliphatic heterocycles. The van der Waals surface area contributed by atoms with Crippen LogP contribution in [0.25, 0.3) is 0 Å². The summed E-state index contributed by atoms with van der Waals surface area (Å²) in [5, 5.41) is -0.272. The summed E-state index contributed by atoms with van der Waals surface area (Å²) in [7, 11) is 3.47. The van der Waals surface area contributed by atoms with E-state index in [1.165, 1.54) is 0 Å². The van der Waals surface area contributed by atoms with Crippen LogP contribution in [0.3, 0.4) is 0 Å². The van der Waals surface area contributed by atoms with Crippen molar-refractivity contribution in [2.75, 3.05) is 6.61 Å². The Morgan fingerprint density at radius 2 is 2.00 bits per heavy atom. The maximum atomic E-state index is 5.67. The Labute approximate surface area is 71.7 Å². The summed E-state index contributed by atoms with van der Waals surface area (Å²) in [5.74, 6) is -0.264. The predicted octanol–water partition coefficient (Wildman–Crippen LogP) is 1.43. The molecule has 0 spiro atoms. The smallest absolute Gasteiger partial charge is 0.168 e. The van der Waals surface area contributed by atoms with Crippen LogP contribution in [0.1, 0.15) is 33.6 Å². The van der Waals surface area contributed by atoms with Crippen molar-refractivity contribution in [3.63, 3.8) is 0 Å². The van der Waals surface area contributed by atoms with Crippen molar-refractivity contribution in [1.82, 2.24) is 0 Å². The van der Waals surface area contributed by atoms with Crippen LogP contribution in [0.5, 0.6) is 0 Å².